The fourth-order valence-corrected chi connectivity index (χ4v) is 2.72. The van der Waals surface area contributed by atoms with E-state index in [-0.39, 0.29) is 46.0 Å². The summed E-state index contributed by atoms with van der Waals surface area (Å²) in [6.45, 7) is 0. The normalized spacial score (nSPS) is 10.6. The minimum Gasteiger partial charge on any atom is -0.744 e. The molecule has 2 aromatic rings. The Kier molecular flexibility index (Phi) is 7.50. The maximum Gasteiger partial charge on any atom is 1.00 e. The van der Waals surface area contributed by atoms with Crippen molar-refractivity contribution in [3.63, 3.8) is 0 Å². The Morgan fingerprint density at radius 2 is 1.82 bits per heavy atom. The van der Waals surface area contributed by atoms with Crippen molar-refractivity contribution in [2.45, 2.75) is 9.32 Å². The molecule has 0 spiro atoms. The van der Waals surface area contributed by atoms with Crippen molar-refractivity contribution in [3.05, 3.63) is 59.7 Å². The van der Waals surface area contributed by atoms with E-state index in [4.69, 9.17) is 0 Å². The van der Waals surface area contributed by atoms with Crippen molar-refractivity contribution in [2.75, 3.05) is 5.32 Å². The predicted molar refractivity (Wildman–Crippen MR) is 86.5 cm³/mol. The van der Waals surface area contributed by atoms with Crippen LogP contribution in [0.2, 0.25) is 0 Å². The van der Waals surface area contributed by atoms with Gasteiger partial charge in [0.25, 0.3) is 5.91 Å². The Bertz CT molecular complexity index is 780. The Labute approximate surface area is 164 Å². The summed E-state index contributed by atoms with van der Waals surface area (Å²) < 4.78 is 33.6. The molecule has 0 radical (unpaired) electrons. The molecule has 22 heavy (non-hydrogen) atoms. The number of anilines is 1. The zero-order valence-electron chi connectivity index (χ0n) is 11.7. The summed E-state index contributed by atoms with van der Waals surface area (Å²) in [6, 6.07) is 12.4. The minimum absolute atomic E-state index is 0. The maximum atomic E-state index is 12.1. The number of carbonyl (C=O) groups excluding carboxylic acids is 1. The molecule has 5 nitrogen and oxygen atoms in total. The van der Waals surface area contributed by atoms with Crippen LogP contribution >= 0.6 is 22.6 Å². The van der Waals surface area contributed by atoms with Crippen LogP contribution in [0.5, 0.6) is 0 Å². The molecule has 2 aromatic carbocycles. The number of amides is 1. The number of nitrogens with one attached hydrogen (secondary N) is 1. The van der Waals surface area contributed by atoms with E-state index in [2.05, 4.69) is 27.9 Å². The third-order valence-electron chi connectivity index (χ3n) is 2.72. The Balaban J connectivity index is 0.00000242. The van der Waals surface area contributed by atoms with Gasteiger partial charge in [0.15, 0.2) is 0 Å². The first-order chi connectivity index (χ1) is 9.90. The van der Waals surface area contributed by atoms with Gasteiger partial charge >= 0.3 is 29.6 Å². The van der Waals surface area contributed by atoms with Crippen LogP contribution in [0.1, 0.15) is 15.9 Å². The molecule has 110 valence electrons. The summed E-state index contributed by atoms with van der Waals surface area (Å²) in [5, 5.41) is 2.58. The molecular weight excluding hydrogens is 428 g/mol. The molecule has 0 aliphatic heterocycles. The van der Waals surface area contributed by atoms with Crippen molar-refractivity contribution in [2.24, 2.45) is 0 Å². The SMILES string of the molecule is O=C(Nc1cccc(S(=O)(=O)[O-])c1)c1cccc(CI)c1.[Na+]. The van der Waals surface area contributed by atoms with Gasteiger partial charge in [0.05, 0.1) is 4.90 Å². The van der Waals surface area contributed by atoms with Gasteiger partial charge in [-0.05, 0) is 35.9 Å². The molecule has 8 heteroatoms. The summed E-state index contributed by atoms with van der Waals surface area (Å²) >= 11 is 2.20. The first-order valence-corrected chi connectivity index (χ1v) is 8.86. The molecule has 1 N–H and O–H groups in total. The molecule has 0 aliphatic rings. The van der Waals surface area contributed by atoms with Gasteiger partial charge in [-0.15, -0.1) is 0 Å². The molecule has 0 aliphatic carbocycles. The summed E-state index contributed by atoms with van der Waals surface area (Å²) in [6.07, 6.45) is 0. The standard InChI is InChI=1S/C14H12INO4S.Na/c15-9-10-3-1-4-11(7-10)14(17)16-12-5-2-6-13(8-12)21(18,19)20;/h1-8H,9H2,(H,16,17)(H,18,19,20);/q;+1/p-1. The van der Waals surface area contributed by atoms with Gasteiger partial charge in [0.1, 0.15) is 10.1 Å². The van der Waals surface area contributed by atoms with E-state index in [1.807, 2.05) is 6.07 Å². The molecule has 1 amide bonds. The van der Waals surface area contributed by atoms with E-state index in [1.54, 1.807) is 18.2 Å². The van der Waals surface area contributed by atoms with Gasteiger partial charge in [0, 0.05) is 15.7 Å². The van der Waals surface area contributed by atoms with Gasteiger partial charge < -0.3 is 9.87 Å². The van der Waals surface area contributed by atoms with Gasteiger partial charge in [-0.3, -0.25) is 4.79 Å². The van der Waals surface area contributed by atoms with Gasteiger partial charge in [-0.2, -0.15) is 0 Å². The second-order valence-corrected chi connectivity index (χ2v) is 6.41. The van der Waals surface area contributed by atoms with E-state index in [0.29, 0.717) is 5.56 Å². The third kappa shape index (κ3) is 5.32. The van der Waals surface area contributed by atoms with Crippen LogP contribution in [0.3, 0.4) is 0 Å². The topological polar surface area (TPSA) is 86.3 Å². The van der Waals surface area contributed by atoms with Crippen LogP contribution in [-0.2, 0) is 14.5 Å². The van der Waals surface area contributed by atoms with E-state index in [1.165, 1.54) is 18.2 Å². The Hall–Kier alpha value is -0.450. The first-order valence-electron chi connectivity index (χ1n) is 5.92. The summed E-state index contributed by atoms with van der Waals surface area (Å²) in [5.41, 5.74) is 1.75. The van der Waals surface area contributed by atoms with Crippen molar-refractivity contribution in [1.29, 1.82) is 0 Å². The first kappa shape index (κ1) is 19.6. The minimum atomic E-state index is -4.54. The predicted octanol–water partition coefficient (Wildman–Crippen LogP) is -0.218. The molecule has 0 bridgehead atoms. The summed E-state index contributed by atoms with van der Waals surface area (Å²) in [5.74, 6) is -0.359. The van der Waals surface area contributed by atoms with E-state index in [0.717, 1.165) is 16.1 Å². The second-order valence-electron chi connectivity index (χ2n) is 4.27. The monoisotopic (exact) mass is 439 g/mol. The number of hydrogen-bond acceptors (Lipinski definition) is 4. The molecule has 0 fully saturated rings. The summed E-state index contributed by atoms with van der Waals surface area (Å²) in [4.78, 5) is 11.7. The van der Waals surface area contributed by atoms with Crippen LogP contribution in [0.25, 0.3) is 0 Å². The second kappa shape index (κ2) is 8.42. The zero-order valence-corrected chi connectivity index (χ0v) is 16.7. The smallest absolute Gasteiger partial charge is 0.744 e. The van der Waals surface area contributed by atoms with Gasteiger partial charge in [-0.1, -0.05) is 40.8 Å². The van der Waals surface area contributed by atoms with Gasteiger partial charge in [0.2, 0.25) is 0 Å². The molecule has 0 aromatic heterocycles. The third-order valence-corrected chi connectivity index (χ3v) is 4.44. The summed E-state index contributed by atoms with van der Waals surface area (Å²) in [7, 11) is -4.54. The maximum absolute atomic E-state index is 12.1. The fourth-order valence-electron chi connectivity index (χ4n) is 1.73. The van der Waals surface area contributed by atoms with E-state index >= 15 is 0 Å². The Morgan fingerprint density at radius 3 is 2.45 bits per heavy atom. The molecule has 0 heterocycles. The number of hydrogen-bond donors (Lipinski definition) is 1. The average molecular weight is 439 g/mol. The molecule has 0 unspecified atom stereocenters. The Morgan fingerprint density at radius 1 is 1.14 bits per heavy atom. The van der Waals surface area contributed by atoms with Crippen LogP contribution in [-0.4, -0.2) is 18.9 Å². The van der Waals surface area contributed by atoms with Crippen LogP contribution in [0.4, 0.5) is 5.69 Å². The number of benzene rings is 2. The van der Waals surface area contributed by atoms with Crippen molar-refractivity contribution >= 4 is 44.3 Å². The van der Waals surface area contributed by atoms with E-state index < -0.39 is 10.1 Å². The largest absolute Gasteiger partial charge is 1.00 e. The van der Waals surface area contributed by atoms with Crippen molar-refractivity contribution in [3.8, 4) is 0 Å². The number of rotatable bonds is 4. The van der Waals surface area contributed by atoms with Crippen LogP contribution in [0.15, 0.2) is 53.4 Å². The molecule has 0 saturated carbocycles. The molecule has 2 rings (SSSR count). The van der Waals surface area contributed by atoms with Crippen molar-refractivity contribution in [1.82, 2.24) is 0 Å². The molecule has 0 saturated heterocycles. The van der Waals surface area contributed by atoms with Crippen LogP contribution in [0, 0.1) is 0 Å². The molecular formula is C14H11INNaO4S. The number of alkyl halides is 1. The van der Waals surface area contributed by atoms with Crippen LogP contribution < -0.4 is 34.9 Å². The molecule has 0 atom stereocenters. The number of carbonyl (C=O) groups is 1. The zero-order chi connectivity index (χ0) is 15.5. The average Bonchev–Trinajstić information content (AvgIpc) is 2.46. The number of halogens is 1. The quantitative estimate of drug-likeness (QED) is 0.309. The fraction of sp³-hybridized carbons (Fsp3) is 0.0714. The van der Waals surface area contributed by atoms with Gasteiger partial charge in [-0.25, -0.2) is 8.42 Å². The van der Waals surface area contributed by atoms with E-state index in [9.17, 15) is 17.8 Å². The van der Waals surface area contributed by atoms with Crippen molar-refractivity contribution < 1.29 is 47.3 Å².